The van der Waals surface area contributed by atoms with Crippen molar-refractivity contribution in [1.82, 2.24) is 19.3 Å². The molecule has 7 aromatic rings. The summed E-state index contributed by atoms with van der Waals surface area (Å²) in [6.45, 7) is 10.7. The normalized spacial score (nSPS) is 11.5. The Kier molecular flexibility index (Phi) is 7.91. The van der Waals surface area contributed by atoms with Crippen molar-refractivity contribution in [3.8, 4) is 34.1 Å². The van der Waals surface area contributed by atoms with E-state index in [1.165, 1.54) is 51.4 Å². The summed E-state index contributed by atoms with van der Waals surface area (Å²) < 4.78 is 11.0. The van der Waals surface area contributed by atoms with Crippen molar-refractivity contribution in [1.29, 1.82) is 0 Å². The van der Waals surface area contributed by atoms with Gasteiger partial charge in [0, 0.05) is 40.4 Å². The Morgan fingerprint density at radius 3 is 2.35 bits per heavy atom. The number of pyridine rings is 1. The van der Waals surface area contributed by atoms with Crippen molar-refractivity contribution >= 4 is 21.8 Å². The van der Waals surface area contributed by atoms with Crippen LogP contribution in [0.1, 0.15) is 54.8 Å². The fraction of sp³-hybridized carbons (Fsp3) is 0.220. The number of hydrogen-bond acceptors (Lipinski definition) is 3. The van der Waals surface area contributed by atoms with Gasteiger partial charge in [0.25, 0.3) is 0 Å². The van der Waals surface area contributed by atoms with Crippen molar-refractivity contribution < 1.29 is 4.74 Å². The van der Waals surface area contributed by atoms with Gasteiger partial charge in [-0.05, 0) is 111 Å². The van der Waals surface area contributed by atoms with Gasteiger partial charge >= 0.3 is 0 Å². The third-order valence-corrected chi connectivity index (χ3v) is 8.94. The lowest BCUT2D eigenvalue weighted by molar-refractivity contribution is 0.482. The number of ether oxygens (including phenoxy) is 1. The van der Waals surface area contributed by atoms with E-state index in [0.29, 0.717) is 0 Å². The molecule has 0 saturated heterocycles. The van der Waals surface area contributed by atoms with Gasteiger partial charge in [0.1, 0.15) is 17.3 Å². The summed E-state index contributed by atoms with van der Waals surface area (Å²) in [5.74, 6) is 2.49. The number of unbranched alkanes of at least 4 members (excludes halogenated alkanes) is 1. The summed E-state index contributed by atoms with van der Waals surface area (Å²) in [5, 5.41) is 7.41. The van der Waals surface area contributed by atoms with E-state index in [-0.39, 0.29) is 0 Å². The smallest absolute Gasteiger partial charge is 0.137 e. The quantitative estimate of drug-likeness (QED) is 0.165. The first-order chi connectivity index (χ1) is 22.4. The van der Waals surface area contributed by atoms with Crippen LogP contribution in [0.2, 0.25) is 0 Å². The van der Waals surface area contributed by atoms with E-state index < -0.39 is 0 Å². The van der Waals surface area contributed by atoms with Gasteiger partial charge in [-0.1, -0.05) is 56.7 Å². The Hall–Kier alpha value is -5.16. The van der Waals surface area contributed by atoms with Gasteiger partial charge in [-0.2, -0.15) is 5.10 Å². The fourth-order valence-electron chi connectivity index (χ4n) is 6.62. The average Bonchev–Trinajstić information content (AvgIpc) is 3.56. The van der Waals surface area contributed by atoms with Gasteiger partial charge in [0.05, 0.1) is 22.4 Å². The Morgan fingerprint density at radius 1 is 0.717 bits per heavy atom. The number of benzene rings is 4. The number of rotatable bonds is 9. The standard InChI is InChI=1S/C41H40N4O/c1-6-8-12-31-15-18-38-37(24-31)36-17-16-34(26-39(36)44(38)40-21-27(3)19-20-42-40)46-35-23-30(7-2)22-33(25-35)45-29(5)41(28(4)43-45)32-13-10-9-11-14-32/h9-11,13-26H,6-8,12H2,1-5H3. The van der Waals surface area contributed by atoms with E-state index in [4.69, 9.17) is 14.8 Å². The molecule has 3 heterocycles. The van der Waals surface area contributed by atoms with Crippen LogP contribution in [0.4, 0.5) is 0 Å². The highest BCUT2D eigenvalue weighted by Crippen LogP contribution is 2.37. The second-order valence-corrected chi connectivity index (χ2v) is 12.3. The van der Waals surface area contributed by atoms with Crippen LogP contribution in [0, 0.1) is 20.8 Å². The topological polar surface area (TPSA) is 44.9 Å². The summed E-state index contributed by atoms with van der Waals surface area (Å²) in [5.41, 5.74) is 11.4. The van der Waals surface area contributed by atoms with E-state index in [1.807, 2.05) is 23.0 Å². The lowest BCUT2D eigenvalue weighted by Crippen LogP contribution is -2.01. The van der Waals surface area contributed by atoms with Crippen LogP contribution < -0.4 is 4.74 Å². The van der Waals surface area contributed by atoms with Crippen molar-refractivity contribution in [2.45, 2.75) is 60.3 Å². The SMILES string of the molecule is CCCCc1ccc2c(c1)c1ccc(Oc3cc(CC)cc(-n4nc(C)c(-c5ccccc5)c4C)c3)cc1n2-c1cc(C)ccn1. The van der Waals surface area contributed by atoms with Crippen molar-refractivity contribution in [3.05, 3.63) is 131 Å². The van der Waals surface area contributed by atoms with Crippen LogP contribution >= 0.6 is 0 Å². The molecule has 4 aromatic carbocycles. The summed E-state index contributed by atoms with van der Waals surface area (Å²) in [6, 6.07) is 34.4. The zero-order valence-corrected chi connectivity index (χ0v) is 27.3. The number of hydrogen-bond donors (Lipinski definition) is 0. The Bertz CT molecular complexity index is 2190. The van der Waals surface area contributed by atoms with Crippen molar-refractivity contribution in [2.75, 3.05) is 0 Å². The molecule has 0 aliphatic carbocycles. The second-order valence-electron chi connectivity index (χ2n) is 12.3. The maximum atomic E-state index is 6.67. The fourth-order valence-corrected chi connectivity index (χ4v) is 6.62. The molecule has 0 fully saturated rings. The zero-order chi connectivity index (χ0) is 31.8. The molecule has 0 aliphatic heterocycles. The molecule has 46 heavy (non-hydrogen) atoms. The van der Waals surface area contributed by atoms with Crippen LogP contribution in [0.25, 0.3) is 44.4 Å². The molecule has 0 radical (unpaired) electrons. The molecular weight excluding hydrogens is 564 g/mol. The van der Waals surface area contributed by atoms with E-state index in [2.05, 4.69) is 124 Å². The third kappa shape index (κ3) is 5.47. The molecule has 0 amide bonds. The molecule has 0 unspecified atom stereocenters. The lowest BCUT2D eigenvalue weighted by atomic mass is 10.0. The Morgan fingerprint density at radius 2 is 1.57 bits per heavy atom. The lowest BCUT2D eigenvalue weighted by Gasteiger charge is -2.13. The third-order valence-electron chi connectivity index (χ3n) is 8.94. The molecule has 0 atom stereocenters. The molecule has 5 nitrogen and oxygen atoms in total. The van der Waals surface area contributed by atoms with Gasteiger partial charge in [-0.3, -0.25) is 4.57 Å². The van der Waals surface area contributed by atoms with E-state index in [0.717, 1.165) is 58.3 Å². The summed E-state index contributed by atoms with van der Waals surface area (Å²) >= 11 is 0. The average molecular weight is 605 g/mol. The van der Waals surface area contributed by atoms with Crippen LogP contribution in [-0.4, -0.2) is 19.3 Å². The van der Waals surface area contributed by atoms with Crippen molar-refractivity contribution in [2.24, 2.45) is 0 Å². The minimum Gasteiger partial charge on any atom is -0.457 e. The summed E-state index contributed by atoms with van der Waals surface area (Å²) in [4.78, 5) is 4.79. The van der Waals surface area contributed by atoms with Gasteiger partial charge < -0.3 is 4.74 Å². The number of aryl methyl sites for hydroxylation is 4. The molecule has 5 heteroatoms. The van der Waals surface area contributed by atoms with Gasteiger partial charge in [0.15, 0.2) is 0 Å². The summed E-state index contributed by atoms with van der Waals surface area (Å²) in [6.07, 6.45) is 6.23. The molecule has 0 N–H and O–H groups in total. The number of fused-ring (bicyclic) bond motifs is 3. The molecule has 0 aliphatic rings. The Labute approximate surface area is 271 Å². The highest BCUT2D eigenvalue weighted by Gasteiger charge is 2.18. The second kappa shape index (κ2) is 12.3. The van der Waals surface area contributed by atoms with Crippen LogP contribution in [0.15, 0.2) is 103 Å². The van der Waals surface area contributed by atoms with Crippen LogP contribution in [0.3, 0.4) is 0 Å². The van der Waals surface area contributed by atoms with E-state index in [9.17, 15) is 0 Å². The van der Waals surface area contributed by atoms with E-state index >= 15 is 0 Å². The molecule has 0 bridgehead atoms. The monoisotopic (exact) mass is 604 g/mol. The predicted octanol–water partition coefficient (Wildman–Crippen LogP) is 10.7. The van der Waals surface area contributed by atoms with Crippen molar-refractivity contribution in [3.63, 3.8) is 0 Å². The molecule has 0 spiro atoms. The first-order valence-corrected chi connectivity index (χ1v) is 16.4. The minimum absolute atomic E-state index is 0.785. The highest BCUT2D eigenvalue weighted by molar-refractivity contribution is 6.09. The Balaban J connectivity index is 1.32. The first-order valence-electron chi connectivity index (χ1n) is 16.4. The molecule has 3 aromatic heterocycles. The number of nitrogens with zero attached hydrogens (tertiary/aromatic N) is 4. The zero-order valence-electron chi connectivity index (χ0n) is 27.3. The largest absolute Gasteiger partial charge is 0.457 e. The summed E-state index contributed by atoms with van der Waals surface area (Å²) in [7, 11) is 0. The highest BCUT2D eigenvalue weighted by atomic mass is 16.5. The predicted molar refractivity (Wildman–Crippen MR) is 190 cm³/mol. The van der Waals surface area contributed by atoms with Gasteiger partial charge in [-0.15, -0.1) is 0 Å². The molecule has 7 rings (SSSR count). The number of aromatic nitrogens is 4. The maximum absolute atomic E-state index is 6.67. The van der Waals surface area contributed by atoms with Crippen LogP contribution in [0.5, 0.6) is 11.5 Å². The van der Waals surface area contributed by atoms with Crippen LogP contribution in [-0.2, 0) is 12.8 Å². The first kappa shape index (κ1) is 29.5. The molecular formula is C41H40N4O. The van der Waals surface area contributed by atoms with Gasteiger partial charge in [0.2, 0.25) is 0 Å². The molecule has 0 saturated carbocycles. The van der Waals surface area contributed by atoms with Gasteiger partial charge in [-0.25, -0.2) is 9.67 Å². The van der Waals surface area contributed by atoms with E-state index in [1.54, 1.807) is 0 Å². The maximum Gasteiger partial charge on any atom is 0.137 e. The minimum atomic E-state index is 0.785. The molecule has 230 valence electrons.